The second kappa shape index (κ2) is 11.6. The summed E-state index contributed by atoms with van der Waals surface area (Å²) >= 11 is 0. The first kappa shape index (κ1) is 27.5. The van der Waals surface area contributed by atoms with Crippen LogP contribution in [-0.2, 0) is 23.8 Å². The lowest BCUT2D eigenvalue weighted by molar-refractivity contribution is -0.309. The number of carbonyl (C=O) groups excluding carboxylic acids is 3. The Balaban J connectivity index is 2.45. The molecule has 1 aliphatic heterocycles. The van der Waals surface area contributed by atoms with Crippen LogP contribution >= 0.6 is 0 Å². The topological polar surface area (TPSA) is 82.1 Å². The molecule has 1 amide bonds. The minimum Gasteiger partial charge on any atom is -0.459 e. The lowest BCUT2D eigenvalue weighted by Crippen LogP contribution is -2.58. The molecular formula is C23H27F4NO6. The Morgan fingerprint density at radius 3 is 2.35 bits per heavy atom. The molecule has 1 fully saturated rings. The van der Waals surface area contributed by atoms with Crippen molar-refractivity contribution in [3.8, 4) is 0 Å². The Hall–Kier alpha value is -2.79. The van der Waals surface area contributed by atoms with E-state index in [-0.39, 0.29) is 12.2 Å². The van der Waals surface area contributed by atoms with Crippen molar-refractivity contribution in [2.24, 2.45) is 0 Å². The largest absolute Gasteiger partial charge is 0.459 e. The van der Waals surface area contributed by atoms with Gasteiger partial charge in [0.05, 0.1) is 5.56 Å². The third-order valence-electron chi connectivity index (χ3n) is 5.16. The molecule has 0 aromatic heterocycles. The SMILES string of the molecule is CCCCO[C@H]1[C@@H](F)[C@H](N(/C=C\C(C)=O)C(C)=O)O[C@@]1(COC(=O)c1ccccc1)C(F)(F)F. The number of rotatable bonds is 10. The minimum absolute atomic E-state index is 0.00984. The van der Waals surface area contributed by atoms with Crippen LogP contribution in [0, 0.1) is 0 Å². The van der Waals surface area contributed by atoms with Gasteiger partial charge in [0.25, 0.3) is 0 Å². The number of halogens is 4. The van der Waals surface area contributed by atoms with E-state index in [0.717, 1.165) is 26.1 Å². The highest BCUT2D eigenvalue weighted by atomic mass is 19.4. The number of benzene rings is 1. The molecule has 7 nitrogen and oxygen atoms in total. The van der Waals surface area contributed by atoms with E-state index in [2.05, 4.69) is 0 Å². The minimum atomic E-state index is -5.24. The number of hydrogen-bond acceptors (Lipinski definition) is 6. The number of ether oxygens (including phenoxy) is 3. The Labute approximate surface area is 194 Å². The Bertz CT molecular complexity index is 891. The fourth-order valence-electron chi connectivity index (χ4n) is 3.36. The molecule has 188 valence electrons. The zero-order valence-corrected chi connectivity index (χ0v) is 19.0. The van der Waals surface area contributed by atoms with Crippen molar-refractivity contribution in [2.45, 2.75) is 63.9 Å². The van der Waals surface area contributed by atoms with Crippen LogP contribution in [-0.4, -0.2) is 66.1 Å². The van der Waals surface area contributed by atoms with Crippen molar-refractivity contribution in [1.82, 2.24) is 4.90 Å². The van der Waals surface area contributed by atoms with Gasteiger partial charge in [-0.15, -0.1) is 0 Å². The van der Waals surface area contributed by atoms with Gasteiger partial charge in [0.1, 0.15) is 12.7 Å². The smallest absolute Gasteiger partial charge is 0.423 e. The van der Waals surface area contributed by atoms with E-state index in [0.29, 0.717) is 17.7 Å². The maximum atomic E-state index is 15.5. The van der Waals surface area contributed by atoms with Gasteiger partial charge in [-0.25, -0.2) is 9.18 Å². The average Bonchev–Trinajstić information content (AvgIpc) is 3.05. The number of nitrogens with zero attached hydrogens (tertiary/aromatic N) is 1. The Kier molecular flexibility index (Phi) is 9.34. The van der Waals surface area contributed by atoms with Crippen LogP contribution in [0.25, 0.3) is 0 Å². The molecule has 0 N–H and O–H groups in total. The molecule has 0 spiro atoms. The van der Waals surface area contributed by atoms with Crippen LogP contribution in [0.5, 0.6) is 0 Å². The number of carbonyl (C=O) groups is 3. The maximum absolute atomic E-state index is 15.5. The monoisotopic (exact) mass is 489 g/mol. The Morgan fingerprint density at radius 2 is 1.82 bits per heavy atom. The van der Waals surface area contributed by atoms with Crippen molar-refractivity contribution in [1.29, 1.82) is 0 Å². The third-order valence-corrected chi connectivity index (χ3v) is 5.16. The van der Waals surface area contributed by atoms with Crippen LogP contribution in [0.2, 0.25) is 0 Å². The van der Waals surface area contributed by atoms with Gasteiger partial charge in [-0.2, -0.15) is 13.2 Å². The van der Waals surface area contributed by atoms with Gasteiger partial charge in [0.2, 0.25) is 11.5 Å². The summed E-state index contributed by atoms with van der Waals surface area (Å²) < 4.78 is 74.1. The van der Waals surface area contributed by atoms with Gasteiger partial charge in [-0.05, 0) is 31.6 Å². The van der Waals surface area contributed by atoms with Crippen LogP contribution in [0.15, 0.2) is 42.6 Å². The molecule has 1 aromatic rings. The lowest BCUT2D eigenvalue weighted by Gasteiger charge is -2.35. The first-order valence-electron chi connectivity index (χ1n) is 10.6. The lowest BCUT2D eigenvalue weighted by atomic mass is 9.95. The zero-order valence-electron chi connectivity index (χ0n) is 19.0. The summed E-state index contributed by atoms with van der Waals surface area (Å²) in [6.07, 6.45) is -9.36. The molecule has 0 saturated carbocycles. The van der Waals surface area contributed by atoms with E-state index >= 15 is 4.39 Å². The fourth-order valence-corrected chi connectivity index (χ4v) is 3.36. The summed E-state index contributed by atoms with van der Waals surface area (Å²) in [5.41, 5.74) is -3.41. The van der Waals surface area contributed by atoms with Crippen LogP contribution < -0.4 is 0 Å². The summed E-state index contributed by atoms with van der Waals surface area (Å²) in [6.45, 7) is 2.28. The highest BCUT2D eigenvalue weighted by molar-refractivity contribution is 5.89. The van der Waals surface area contributed by atoms with Gasteiger partial charge in [-0.3, -0.25) is 14.5 Å². The molecule has 0 unspecified atom stereocenters. The number of allylic oxidation sites excluding steroid dienone is 1. The number of ketones is 1. The van der Waals surface area contributed by atoms with E-state index in [1.54, 1.807) is 13.0 Å². The number of amides is 1. The van der Waals surface area contributed by atoms with E-state index < -0.39 is 54.5 Å². The zero-order chi connectivity index (χ0) is 25.5. The molecular weight excluding hydrogens is 462 g/mol. The van der Waals surface area contributed by atoms with Gasteiger partial charge in [0, 0.05) is 19.7 Å². The van der Waals surface area contributed by atoms with E-state index in [1.807, 2.05) is 0 Å². The molecule has 11 heteroatoms. The van der Waals surface area contributed by atoms with Gasteiger partial charge < -0.3 is 14.2 Å². The average molecular weight is 489 g/mol. The molecule has 0 bridgehead atoms. The van der Waals surface area contributed by atoms with Crippen LogP contribution in [0.4, 0.5) is 17.6 Å². The van der Waals surface area contributed by atoms with Crippen molar-refractivity contribution < 1.29 is 46.2 Å². The van der Waals surface area contributed by atoms with Crippen molar-refractivity contribution >= 4 is 17.7 Å². The molecule has 0 radical (unpaired) electrons. The first-order valence-corrected chi connectivity index (χ1v) is 10.6. The molecule has 34 heavy (non-hydrogen) atoms. The van der Waals surface area contributed by atoms with E-state index in [9.17, 15) is 27.6 Å². The second-order valence-electron chi connectivity index (χ2n) is 7.78. The third kappa shape index (κ3) is 6.20. The summed E-state index contributed by atoms with van der Waals surface area (Å²) in [6, 6.07) is 7.29. The first-order chi connectivity index (χ1) is 15.9. The fraction of sp³-hybridized carbons (Fsp3) is 0.522. The quantitative estimate of drug-likeness (QED) is 0.214. The van der Waals surface area contributed by atoms with Gasteiger partial charge in [-0.1, -0.05) is 31.5 Å². The summed E-state index contributed by atoms with van der Waals surface area (Å²) in [5.74, 6) is -2.45. The van der Waals surface area contributed by atoms with Crippen molar-refractivity contribution in [3.05, 3.63) is 48.2 Å². The molecule has 2 rings (SSSR count). The predicted molar refractivity (Wildman–Crippen MR) is 112 cm³/mol. The highest BCUT2D eigenvalue weighted by Crippen LogP contribution is 2.47. The molecule has 4 atom stereocenters. The molecule has 1 heterocycles. The van der Waals surface area contributed by atoms with Gasteiger partial charge >= 0.3 is 12.1 Å². The maximum Gasteiger partial charge on any atom is 0.423 e. The number of alkyl halides is 4. The molecule has 0 aliphatic carbocycles. The van der Waals surface area contributed by atoms with Crippen LogP contribution in [0.1, 0.15) is 44.0 Å². The highest BCUT2D eigenvalue weighted by Gasteiger charge is 2.72. The Morgan fingerprint density at radius 1 is 1.18 bits per heavy atom. The predicted octanol–water partition coefficient (Wildman–Crippen LogP) is 3.98. The normalized spacial score (nSPS) is 24.9. The standard InChI is InChI=1S/C23H27F4NO6/c1-4-5-13-32-19-18(24)20(28(16(3)30)12-11-15(2)29)34-22(19,23(25,26)27)14-33-21(31)17-9-7-6-8-10-17/h6-12,18-20H,4-5,13-14H2,1-3H3/b12-11-/t18-,19+,20-,22-/m1/s1. The number of hydrogen-bond donors (Lipinski definition) is 0. The molecule has 1 saturated heterocycles. The summed E-state index contributed by atoms with van der Waals surface area (Å²) in [7, 11) is 0. The summed E-state index contributed by atoms with van der Waals surface area (Å²) in [5, 5.41) is 0. The summed E-state index contributed by atoms with van der Waals surface area (Å²) in [4.78, 5) is 36.2. The number of esters is 1. The van der Waals surface area contributed by atoms with E-state index in [4.69, 9.17) is 14.2 Å². The number of unbranched alkanes of at least 4 members (excludes halogenated alkanes) is 1. The molecule has 1 aromatic carbocycles. The molecule has 1 aliphatic rings. The van der Waals surface area contributed by atoms with Gasteiger partial charge in [0.15, 0.2) is 18.2 Å². The van der Waals surface area contributed by atoms with Crippen molar-refractivity contribution in [2.75, 3.05) is 13.2 Å². The van der Waals surface area contributed by atoms with Crippen LogP contribution in [0.3, 0.4) is 0 Å². The van der Waals surface area contributed by atoms with E-state index in [1.165, 1.54) is 24.3 Å². The second-order valence-corrected chi connectivity index (χ2v) is 7.78. The van der Waals surface area contributed by atoms with Crippen molar-refractivity contribution in [3.63, 3.8) is 0 Å².